The first-order valence-corrected chi connectivity index (χ1v) is 7.84. The molecular weight excluding hydrogens is 300 g/mol. The predicted molar refractivity (Wildman–Crippen MR) is 94.1 cm³/mol. The van der Waals surface area contributed by atoms with Gasteiger partial charge < -0.3 is 0 Å². The molecule has 0 atom stereocenters. The van der Waals surface area contributed by atoms with Crippen LogP contribution in [0, 0.1) is 6.92 Å². The van der Waals surface area contributed by atoms with Crippen molar-refractivity contribution in [1.82, 2.24) is 9.38 Å². The SMILES string of the molecule is CC(=O)c1c(C(C)=O)c2c(-c3ccccc3)cc3cc(C)nc1n32. The summed E-state index contributed by atoms with van der Waals surface area (Å²) in [4.78, 5) is 29.2. The zero-order valence-electron chi connectivity index (χ0n) is 13.8. The van der Waals surface area contributed by atoms with E-state index in [1.165, 1.54) is 13.8 Å². The molecule has 0 saturated carbocycles. The zero-order valence-corrected chi connectivity index (χ0v) is 13.8. The predicted octanol–water partition coefficient (Wildman–Crippen LogP) is 4.31. The smallest absolute Gasteiger partial charge is 0.164 e. The van der Waals surface area contributed by atoms with Gasteiger partial charge in [-0.05, 0) is 38.5 Å². The fraction of sp³-hybridized carbons (Fsp3) is 0.150. The molecule has 0 amide bonds. The van der Waals surface area contributed by atoms with Crippen molar-refractivity contribution in [2.45, 2.75) is 20.8 Å². The average molecular weight is 316 g/mol. The molecule has 0 aliphatic heterocycles. The molecule has 4 rings (SSSR count). The number of nitrogens with zero attached hydrogens (tertiary/aromatic N) is 2. The van der Waals surface area contributed by atoms with Gasteiger partial charge in [-0.25, -0.2) is 4.98 Å². The van der Waals surface area contributed by atoms with Crippen LogP contribution in [0.4, 0.5) is 0 Å². The number of aromatic nitrogens is 2. The third-order valence-corrected chi connectivity index (χ3v) is 4.38. The lowest BCUT2D eigenvalue weighted by Gasteiger charge is -2.01. The van der Waals surface area contributed by atoms with Crippen LogP contribution in [-0.4, -0.2) is 21.0 Å². The monoisotopic (exact) mass is 316 g/mol. The maximum atomic E-state index is 12.4. The summed E-state index contributed by atoms with van der Waals surface area (Å²) in [5.41, 5.74) is 5.97. The van der Waals surface area contributed by atoms with Crippen LogP contribution in [0.2, 0.25) is 0 Å². The molecule has 3 aromatic heterocycles. The molecule has 0 saturated heterocycles. The van der Waals surface area contributed by atoms with Crippen molar-refractivity contribution in [1.29, 1.82) is 0 Å². The minimum Gasteiger partial charge on any atom is -0.294 e. The topological polar surface area (TPSA) is 51.4 Å². The van der Waals surface area contributed by atoms with E-state index in [1.54, 1.807) is 0 Å². The Bertz CT molecular complexity index is 1110. The zero-order chi connectivity index (χ0) is 17.0. The second-order valence-corrected chi connectivity index (χ2v) is 6.12. The van der Waals surface area contributed by atoms with Crippen LogP contribution in [0.5, 0.6) is 0 Å². The standard InChI is InChI=1S/C20H16N2O2/c1-11-9-15-10-16(14-7-5-4-6-8-14)19-17(12(2)23)18(13(3)24)20(21-11)22(15)19/h4-10H,1-3H3. The average Bonchev–Trinajstić information content (AvgIpc) is 3.07. The number of carbonyl (C=O) groups is 2. The van der Waals surface area contributed by atoms with Gasteiger partial charge in [0.25, 0.3) is 0 Å². The molecule has 0 aliphatic carbocycles. The Morgan fingerprint density at radius 1 is 0.958 bits per heavy atom. The van der Waals surface area contributed by atoms with Gasteiger partial charge in [-0.1, -0.05) is 30.3 Å². The molecule has 4 nitrogen and oxygen atoms in total. The van der Waals surface area contributed by atoms with Crippen molar-refractivity contribution in [2.75, 3.05) is 0 Å². The number of hydrogen-bond donors (Lipinski definition) is 0. The fourth-order valence-electron chi connectivity index (χ4n) is 3.49. The van der Waals surface area contributed by atoms with Gasteiger partial charge in [0.15, 0.2) is 11.6 Å². The molecular formula is C20H16N2O2. The molecule has 118 valence electrons. The highest BCUT2D eigenvalue weighted by Gasteiger charge is 2.27. The molecule has 0 aliphatic rings. The minimum absolute atomic E-state index is 0.118. The molecule has 0 unspecified atom stereocenters. The third kappa shape index (κ3) is 1.89. The lowest BCUT2D eigenvalue weighted by Crippen LogP contribution is -2.02. The van der Waals surface area contributed by atoms with Gasteiger partial charge in [0.05, 0.1) is 22.2 Å². The van der Waals surface area contributed by atoms with Gasteiger partial charge in [0.2, 0.25) is 0 Å². The van der Waals surface area contributed by atoms with E-state index in [9.17, 15) is 9.59 Å². The van der Waals surface area contributed by atoms with Crippen molar-refractivity contribution in [3.8, 4) is 11.1 Å². The first kappa shape index (κ1) is 14.6. The Morgan fingerprint density at radius 3 is 2.25 bits per heavy atom. The first-order valence-electron chi connectivity index (χ1n) is 7.84. The normalized spacial score (nSPS) is 11.5. The Kier molecular flexibility index (Phi) is 3.03. The molecule has 0 N–H and O–H groups in total. The maximum absolute atomic E-state index is 12.4. The van der Waals surface area contributed by atoms with E-state index in [-0.39, 0.29) is 11.6 Å². The lowest BCUT2D eigenvalue weighted by atomic mass is 10.00. The molecule has 0 fully saturated rings. The molecule has 0 bridgehead atoms. The van der Waals surface area contributed by atoms with Gasteiger partial charge >= 0.3 is 0 Å². The van der Waals surface area contributed by atoms with Gasteiger partial charge in [0.1, 0.15) is 5.65 Å². The Labute approximate surface area is 139 Å². The summed E-state index contributed by atoms with van der Waals surface area (Å²) in [6.07, 6.45) is 0. The molecule has 24 heavy (non-hydrogen) atoms. The highest BCUT2D eigenvalue weighted by molar-refractivity contribution is 6.19. The number of carbonyl (C=O) groups excluding carboxylic acids is 2. The van der Waals surface area contributed by atoms with Crippen molar-refractivity contribution < 1.29 is 9.59 Å². The first-order chi connectivity index (χ1) is 11.5. The summed E-state index contributed by atoms with van der Waals surface area (Å²) in [6.45, 7) is 4.89. The van der Waals surface area contributed by atoms with E-state index in [2.05, 4.69) is 11.1 Å². The maximum Gasteiger partial charge on any atom is 0.164 e. The largest absolute Gasteiger partial charge is 0.294 e. The highest BCUT2D eigenvalue weighted by atomic mass is 16.1. The van der Waals surface area contributed by atoms with Crippen LogP contribution in [0.1, 0.15) is 40.3 Å². The molecule has 0 spiro atoms. The number of aryl methyl sites for hydroxylation is 1. The van der Waals surface area contributed by atoms with Crippen molar-refractivity contribution in [3.63, 3.8) is 0 Å². The minimum atomic E-state index is -0.137. The summed E-state index contributed by atoms with van der Waals surface area (Å²) < 4.78 is 1.93. The van der Waals surface area contributed by atoms with Crippen LogP contribution in [0.3, 0.4) is 0 Å². The van der Waals surface area contributed by atoms with Crippen LogP contribution in [-0.2, 0) is 0 Å². The molecule has 1 aromatic carbocycles. The number of Topliss-reactive ketones (excluding diaryl/α,β-unsaturated/α-hetero) is 2. The number of ketones is 2. The van der Waals surface area contributed by atoms with Crippen LogP contribution in [0.25, 0.3) is 27.8 Å². The molecule has 3 heterocycles. The summed E-state index contributed by atoms with van der Waals surface area (Å²) in [6, 6.07) is 13.9. The van der Waals surface area contributed by atoms with Gasteiger partial charge in [-0.2, -0.15) is 0 Å². The Hall–Kier alpha value is -3.01. The van der Waals surface area contributed by atoms with E-state index in [4.69, 9.17) is 0 Å². The van der Waals surface area contributed by atoms with Gasteiger partial charge in [0, 0.05) is 11.3 Å². The third-order valence-electron chi connectivity index (χ3n) is 4.38. The van der Waals surface area contributed by atoms with E-state index >= 15 is 0 Å². The van der Waals surface area contributed by atoms with E-state index in [0.717, 1.165) is 27.9 Å². The lowest BCUT2D eigenvalue weighted by molar-refractivity contribution is 0.0983. The number of benzene rings is 1. The van der Waals surface area contributed by atoms with Crippen LogP contribution < -0.4 is 0 Å². The number of hydrogen-bond acceptors (Lipinski definition) is 3. The Morgan fingerprint density at radius 2 is 1.62 bits per heavy atom. The summed E-state index contributed by atoms with van der Waals surface area (Å²) >= 11 is 0. The number of rotatable bonds is 3. The molecule has 4 heteroatoms. The van der Waals surface area contributed by atoms with Crippen LogP contribution >= 0.6 is 0 Å². The van der Waals surface area contributed by atoms with Gasteiger partial charge in [-0.3, -0.25) is 14.0 Å². The van der Waals surface area contributed by atoms with E-state index in [0.29, 0.717) is 16.8 Å². The van der Waals surface area contributed by atoms with Crippen molar-refractivity contribution in [2.24, 2.45) is 0 Å². The van der Waals surface area contributed by atoms with Crippen molar-refractivity contribution >= 4 is 28.2 Å². The second-order valence-electron chi connectivity index (χ2n) is 6.12. The fourth-order valence-corrected chi connectivity index (χ4v) is 3.49. The second kappa shape index (κ2) is 4.99. The van der Waals surface area contributed by atoms with E-state index in [1.807, 2.05) is 47.7 Å². The molecule has 0 radical (unpaired) electrons. The quantitative estimate of drug-likeness (QED) is 0.529. The molecule has 4 aromatic rings. The summed E-state index contributed by atoms with van der Waals surface area (Å²) in [5, 5.41) is 0. The van der Waals surface area contributed by atoms with Gasteiger partial charge in [-0.15, -0.1) is 0 Å². The highest BCUT2D eigenvalue weighted by Crippen LogP contribution is 2.37. The summed E-state index contributed by atoms with van der Waals surface area (Å²) in [5.74, 6) is -0.254. The van der Waals surface area contributed by atoms with E-state index < -0.39 is 0 Å². The van der Waals surface area contributed by atoms with Crippen LogP contribution in [0.15, 0.2) is 42.5 Å². The van der Waals surface area contributed by atoms with Crippen molar-refractivity contribution in [3.05, 3.63) is 59.3 Å². The summed E-state index contributed by atoms with van der Waals surface area (Å²) in [7, 11) is 0. The Balaban J connectivity index is 2.27.